The number of nitrogens with zero attached hydrogens (tertiary/aromatic N) is 1. The largest absolute Gasteiger partial charge is 0.325 e. The summed E-state index contributed by atoms with van der Waals surface area (Å²) in [6.45, 7) is 1.10. The van der Waals surface area contributed by atoms with Crippen LogP contribution in [0, 0.1) is 5.82 Å². The Kier molecular flexibility index (Phi) is 4.50. The summed E-state index contributed by atoms with van der Waals surface area (Å²) in [6, 6.07) is 17.7. The zero-order chi connectivity index (χ0) is 20.6. The molecule has 2 N–H and O–H groups in total. The van der Waals surface area contributed by atoms with E-state index in [-0.39, 0.29) is 0 Å². The van der Waals surface area contributed by atoms with E-state index in [1.165, 1.54) is 31.2 Å². The summed E-state index contributed by atoms with van der Waals surface area (Å²) in [5.41, 5.74) is -0.319. The second-order valence-electron chi connectivity index (χ2n) is 7.03. The van der Waals surface area contributed by atoms with Crippen molar-refractivity contribution in [2.45, 2.75) is 12.5 Å². The molecule has 4 rings (SSSR count). The number of anilines is 1. The molecule has 1 fully saturated rings. The molecular formula is C22H18FN3O3. The van der Waals surface area contributed by atoms with Gasteiger partial charge in [0.05, 0.1) is 0 Å². The van der Waals surface area contributed by atoms with Crippen LogP contribution >= 0.6 is 0 Å². The van der Waals surface area contributed by atoms with Crippen LogP contribution in [0.5, 0.6) is 0 Å². The Hall–Kier alpha value is -3.74. The second kappa shape index (κ2) is 7.01. The fourth-order valence-electron chi connectivity index (χ4n) is 3.49. The van der Waals surface area contributed by atoms with Gasteiger partial charge in [0.1, 0.15) is 17.9 Å². The number of halogens is 1. The maximum absolute atomic E-state index is 13.2. The summed E-state index contributed by atoms with van der Waals surface area (Å²) >= 11 is 0. The van der Waals surface area contributed by atoms with Crippen molar-refractivity contribution in [2.24, 2.45) is 0 Å². The molecule has 1 saturated heterocycles. The third kappa shape index (κ3) is 3.31. The minimum atomic E-state index is -1.36. The molecule has 0 aliphatic carbocycles. The maximum Gasteiger partial charge on any atom is 0.325 e. The zero-order valence-electron chi connectivity index (χ0n) is 15.6. The van der Waals surface area contributed by atoms with Gasteiger partial charge >= 0.3 is 6.03 Å². The lowest BCUT2D eigenvalue weighted by Gasteiger charge is -2.22. The van der Waals surface area contributed by atoms with Crippen molar-refractivity contribution in [2.75, 3.05) is 11.9 Å². The lowest BCUT2D eigenvalue weighted by Crippen LogP contribution is -2.42. The molecule has 6 nitrogen and oxygen atoms in total. The molecule has 0 radical (unpaired) electrons. The highest BCUT2D eigenvalue weighted by Gasteiger charge is 2.49. The summed E-state index contributed by atoms with van der Waals surface area (Å²) in [7, 11) is 0. The van der Waals surface area contributed by atoms with Crippen molar-refractivity contribution < 1.29 is 18.8 Å². The van der Waals surface area contributed by atoms with Crippen LogP contribution in [-0.2, 0) is 15.1 Å². The first-order valence-corrected chi connectivity index (χ1v) is 9.06. The van der Waals surface area contributed by atoms with Crippen LogP contribution in [0.3, 0.4) is 0 Å². The fraction of sp³-hybridized carbons (Fsp3) is 0.136. The third-order valence-corrected chi connectivity index (χ3v) is 5.06. The van der Waals surface area contributed by atoms with E-state index in [1.54, 1.807) is 6.07 Å². The Morgan fingerprint density at radius 2 is 1.72 bits per heavy atom. The fourth-order valence-corrected chi connectivity index (χ4v) is 3.49. The lowest BCUT2D eigenvalue weighted by molar-refractivity contribution is -0.133. The molecule has 146 valence electrons. The average molecular weight is 391 g/mol. The minimum Gasteiger partial charge on any atom is -0.324 e. The van der Waals surface area contributed by atoms with Crippen molar-refractivity contribution in [3.8, 4) is 0 Å². The number of hydrogen-bond acceptors (Lipinski definition) is 3. The summed E-state index contributed by atoms with van der Waals surface area (Å²) in [4.78, 5) is 38.7. The molecule has 1 unspecified atom stereocenters. The van der Waals surface area contributed by atoms with Crippen LogP contribution in [0.4, 0.5) is 14.9 Å². The van der Waals surface area contributed by atoms with Crippen LogP contribution in [0.2, 0.25) is 0 Å². The van der Waals surface area contributed by atoms with Gasteiger partial charge in [0.15, 0.2) is 0 Å². The molecule has 3 aromatic rings. The number of amides is 4. The van der Waals surface area contributed by atoms with Crippen molar-refractivity contribution in [1.29, 1.82) is 0 Å². The highest BCUT2D eigenvalue weighted by atomic mass is 19.1. The van der Waals surface area contributed by atoms with Crippen molar-refractivity contribution >= 4 is 34.3 Å². The van der Waals surface area contributed by atoms with E-state index >= 15 is 0 Å². The van der Waals surface area contributed by atoms with Gasteiger partial charge in [0.2, 0.25) is 5.91 Å². The predicted octanol–water partition coefficient (Wildman–Crippen LogP) is 3.38. The van der Waals surface area contributed by atoms with E-state index in [0.29, 0.717) is 11.3 Å². The van der Waals surface area contributed by atoms with E-state index in [0.717, 1.165) is 15.7 Å². The molecule has 1 aliphatic rings. The molecule has 1 atom stereocenters. The SMILES string of the molecule is CC1(c2ccc(F)cc2)NC(=O)N(CC(=O)Nc2cccc3ccccc23)C1=O. The van der Waals surface area contributed by atoms with E-state index in [9.17, 15) is 18.8 Å². The molecule has 1 heterocycles. The zero-order valence-corrected chi connectivity index (χ0v) is 15.6. The predicted molar refractivity (Wildman–Crippen MR) is 107 cm³/mol. The molecule has 0 saturated carbocycles. The van der Waals surface area contributed by atoms with Gasteiger partial charge in [-0.25, -0.2) is 9.18 Å². The second-order valence-corrected chi connectivity index (χ2v) is 7.03. The summed E-state index contributed by atoms with van der Waals surface area (Å²) in [6.07, 6.45) is 0. The van der Waals surface area contributed by atoms with Gasteiger partial charge in [0.25, 0.3) is 5.91 Å². The third-order valence-electron chi connectivity index (χ3n) is 5.06. The Morgan fingerprint density at radius 3 is 2.48 bits per heavy atom. The number of carbonyl (C=O) groups excluding carboxylic acids is 3. The van der Waals surface area contributed by atoms with Gasteiger partial charge in [0, 0.05) is 11.1 Å². The molecule has 0 aromatic heterocycles. The van der Waals surface area contributed by atoms with Gasteiger partial charge in [-0.1, -0.05) is 48.5 Å². The Bertz CT molecular complexity index is 1120. The molecule has 1 aliphatic heterocycles. The number of fused-ring (bicyclic) bond motifs is 1. The number of rotatable bonds is 4. The van der Waals surface area contributed by atoms with Crippen LogP contribution in [0.15, 0.2) is 66.7 Å². The molecule has 4 amide bonds. The highest BCUT2D eigenvalue weighted by Crippen LogP contribution is 2.29. The molecule has 29 heavy (non-hydrogen) atoms. The number of urea groups is 1. The van der Waals surface area contributed by atoms with Crippen LogP contribution < -0.4 is 10.6 Å². The van der Waals surface area contributed by atoms with Gasteiger partial charge in [-0.2, -0.15) is 0 Å². The van der Waals surface area contributed by atoms with Gasteiger partial charge in [-0.15, -0.1) is 0 Å². The van der Waals surface area contributed by atoms with Crippen molar-refractivity contribution in [1.82, 2.24) is 10.2 Å². The number of carbonyl (C=O) groups is 3. The van der Waals surface area contributed by atoms with E-state index in [4.69, 9.17) is 0 Å². The summed E-state index contributed by atoms with van der Waals surface area (Å²) in [5.74, 6) is -1.50. The Balaban J connectivity index is 1.53. The topological polar surface area (TPSA) is 78.5 Å². The van der Waals surface area contributed by atoms with Gasteiger partial charge in [-0.3, -0.25) is 14.5 Å². The molecular weight excluding hydrogens is 373 g/mol. The maximum atomic E-state index is 13.2. The molecule has 3 aromatic carbocycles. The first kappa shape index (κ1) is 18.6. The highest BCUT2D eigenvalue weighted by molar-refractivity contribution is 6.11. The Labute approximate surface area is 166 Å². The van der Waals surface area contributed by atoms with Gasteiger partial charge < -0.3 is 10.6 Å². The van der Waals surface area contributed by atoms with Crippen LogP contribution in [0.25, 0.3) is 10.8 Å². The molecule has 7 heteroatoms. The van der Waals surface area contributed by atoms with Crippen LogP contribution in [0.1, 0.15) is 12.5 Å². The number of imide groups is 1. The van der Waals surface area contributed by atoms with Crippen LogP contribution in [-0.4, -0.2) is 29.3 Å². The average Bonchev–Trinajstić information content (AvgIpc) is 2.92. The smallest absolute Gasteiger partial charge is 0.324 e. The van der Waals surface area contributed by atoms with E-state index in [1.807, 2.05) is 36.4 Å². The summed E-state index contributed by atoms with van der Waals surface area (Å²) in [5, 5.41) is 7.19. The Morgan fingerprint density at radius 1 is 1.03 bits per heavy atom. The number of nitrogens with one attached hydrogen (secondary N) is 2. The normalized spacial score (nSPS) is 18.8. The van der Waals surface area contributed by atoms with Crippen molar-refractivity contribution in [3.05, 3.63) is 78.1 Å². The standard InChI is InChI=1S/C22H18FN3O3/c1-22(15-9-11-16(23)12-10-15)20(28)26(21(29)25-22)13-19(27)24-18-8-4-6-14-5-2-3-7-17(14)18/h2-12H,13H2,1H3,(H,24,27)(H,25,29). The minimum absolute atomic E-state index is 0.426. The van der Waals surface area contributed by atoms with E-state index in [2.05, 4.69) is 10.6 Å². The molecule has 0 spiro atoms. The number of benzene rings is 3. The van der Waals surface area contributed by atoms with Gasteiger partial charge in [-0.05, 0) is 36.1 Å². The quantitative estimate of drug-likeness (QED) is 0.669. The first-order valence-electron chi connectivity index (χ1n) is 9.06. The van der Waals surface area contributed by atoms with E-state index < -0.39 is 35.7 Å². The first-order chi connectivity index (χ1) is 13.9. The molecule has 0 bridgehead atoms. The lowest BCUT2D eigenvalue weighted by atomic mass is 9.92. The monoisotopic (exact) mass is 391 g/mol. The number of hydrogen-bond donors (Lipinski definition) is 2. The van der Waals surface area contributed by atoms with Crippen molar-refractivity contribution in [3.63, 3.8) is 0 Å². The summed E-state index contributed by atoms with van der Waals surface area (Å²) < 4.78 is 13.2.